The molecule has 7 nitrogen and oxygen atoms in total. The number of phenolic OH excluding ortho intramolecular Hbond substituents is 1. The molecule has 0 aliphatic carbocycles. The van der Waals surface area contributed by atoms with Crippen molar-refractivity contribution in [3.8, 4) is 17.0 Å². The number of hydrogen-bond acceptors (Lipinski definition) is 5. The highest BCUT2D eigenvalue weighted by atomic mass is 16.3. The van der Waals surface area contributed by atoms with Crippen LogP contribution in [0.15, 0.2) is 30.5 Å². The number of rotatable bonds is 4. The molecular weight excluding hydrogens is 330 g/mol. The van der Waals surface area contributed by atoms with Gasteiger partial charge in [-0.1, -0.05) is 17.3 Å². The Morgan fingerprint density at radius 2 is 2.23 bits per heavy atom. The molecule has 5 rings (SSSR count). The highest BCUT2D eigenvalue weighted by Gasteiger charge is 2.43. The molecule has 1 amide bonds. The lowest BCUT2D eigenvalue weighted by Crippen LogP contribution is -2.57. The van der Waals surface area contributed by atoms with Crippen LogP contribution in [0, 0.1) is 11.8 Å². The van der Waals surface area contributed by atoms with Crippen molar-refractivity contribution in [1.82, 2.24) is 24.8 Å². The van der Waals surface area contributed by atoms with E-state index in [2.05, 4.69) is 15.2 Å². The summed E-state index contributed by atoms with van der Waals surface area (Å²) in [5.74, 6) is 1.08. The summed E-state index contributed by atoms with van der Waals surface area (Å²) < 4.78 is 1.88. The van der Waals surface area contributed by atoms with Gasteiger partial charge in [0.05, 0.1) is 18.7 Å². The first-order valence-corrected chi connectivity index (χ1v) is 9.16. The summed E-state index contributed by atoms with van der Waals surface area (Å²) >= 11 is 0. The van der Waals surface area contributed by atoms with E-state index in [1.165, 1.54) is 0 Å². The van der Waals surface area contributed by atoms with E-state index in [1.54, 1.807) is 23.1 Å². The number of benzene rings is 1. The molecule has 4 heterocycles. The molecule has 0 spiro atoms. The quantitative estimate of drug-likeness (QED) is 0.898. The number of carbonyl (C=O) groups is 1. The highest BCUT2D eigenvalue weighted by molar-refractivity contribution is 5.79. The maximum atomic E-state index is 12.4. The second kappa shape index (κ2) is 6.72. The Morgan fingerprint density at radius 1 is 1.38 bits per heavy atom. The number of piperidine rings is 3. The zero-order valence-electron chi connectivity index (χ0n) is 15.2. The minimum absolute atomic E-state index is 0.133. The van der Waals surface area contributed by atoms with Gasteiger partial charge in [0.15, 0.2) is 0 Å². The fourth-order valence-corrected chi connectivity index (χ4v) is 4.34. The summed E-state index contributed by atoms with van der Waals surface area (Å²) in [6.45, 7) is 2.69. The summed E-state index contributed by atoms with van der Waals surface area (Å²) in [6, 6.07) is 7.46. The van der Waals surface area contributed by atoms with Gasteiger partial charge in [0, 0.05) is 32.2 Å². The van der Waals surface area contributed by atoms with Crippen LogP contribution < -0.4 is 0 Å². The topological polar surface area (TPSA) is 74.5 Å². The molecule has 0 radical (unpaired) electrons. The van der Waals surface area contributed by atoms with E-state index >= 15 is 0 Å². The molecule has 26 heavy (non-hydrogen) atoms. The van der Waals surface area contributed by atoms with Crippen LogP contribution in [0.25, 0.3) is 11.3 Å². The Labute approximate surface area is 153 Å². The molecule has 3 saturated heterocycles. The Kier molecular flexibility index (Phi) is 4.40. The van der Waals surface area contributed by atoms with Crippen LogP contribution in [-0.4, -0.2) is 69.0 Å². The van der Waals surface area contributed by atoms with E-state index in [4.69, 9.17) is 0 Å². The van der Waals surface area contributed by atoms with Gasteiger partial charge in [-0.25, -0.2) is 0 Å². The van der Waals surface area contributed by atoms with Crippen molar-refractivity contribution in [2.24, 2.45) is 11.8 Å². The zero-order chi connectivity index (χ0) is 18.3. The maximum Gasteiger partial charge on any atom is 0.226 e. The number of fused-ring (bicyclic) bond motifs is 3. The maximum absolute atomic E-state index is 12.4. The van der Waals surface area contributed by atoms with Gasteiger partial charge in [-0.3, -0.25) is 14.4 Å². The number of phenols is 1. The van der Waals surface area contributed by atoms with E-state index in [1.807, 2.05) is 31.0 Å². The molecule has 1 N–H and O–H groups in total. The number of nitrogens with zero attached hydrogens (tertiary/aromatic N) is 5. The summed E-state index contributed by atoms with van der Waals surface area (Å²) in [6.07, 6.45) is 4.07. The zero-order valence-corrected chi connectivity index (χ0v) is 15.2. The van der Waals surface area contributed by atoms with Gasteiger partial charge in [-0.15, -0.1) is 5.10 Å². The number of aromatic hydroxyl groups is 1. The second-order valence-corrected chi connectivity index (χ2v) is 7.65. The van der Waals surface area contributed by atoms with Crippen molar-refractivity contribution in [3.63, 3.8) is 0 Å². The lowest BCUT2D eigenvalue weighted by atomic mass is 9.75. The first kappa shape index (κ1) is 17.0. The minimum atomic E-state index is 0.133. The number of carbonyl (C=O) groups excluding carboxylic acids is 1. The fraction of sp³-hybridized carbons (Fsp3) is 0.526. The smallest absolute Gasteiger partial charge is 0.226 e. The number of amides is 1. The third-order valence-corrected chi connectivity index (χ3v) is 5.71. The van der Waals surface area contributed by atoms with E-state index in [0.717, 1.165) is 43.7 Å². The molecular formula is C19H25N5O2. The van der Waals surface area contributed by atoms with E-state index in [-0.39, 0.29) is 17.6 Å². The van der Waals surface area contributed by atoms with Gasteiger partial charge in [0.2, 0.25) is 5.91 Å². The first-order valence-electron chi connectivity index (χ1n) is 9.16. The van der Waals surface area contributed by atoms with Crippen molar-refractivity contribution >= 4 is 5.91 Å². The summed E-state index contributed by atoms with van der Waals surface area (Å²) in [7, 11) is 3.69. The normalized spacial score (nSPS) is 27.5. The van der Waals surface area contributed by atoms with Crippen molar-refractivity contribution in [2.45, 2.75) is 25.4 Å². The molecule has 2 aromatic rings. The molecule has 1 aromatic carbocycles. The van der Waals surface area contributed by atoms with Crippen molar-refractivity contribution in [3.05, 3.63) is 30.5 Å². The van der Waals surface area contributed by atoms with E-state index < -0.39 is 0 Å². The number of aromatic nitrogens is 3. The largest absolute Gasteiger partial charge is 0.508 e. The van der Waals surface area contributed by atoms with Gasteiger partial charge in [-0.05, 0) is 37.4 Å². The molecule has 1 unspecified atom stereocenters. The molecule has 1 aromatic heterocycles. The second-order valence-electron chi connectivity index (χ2n) is 7.65. The molecule has 2 bridgehead atoms. The molecule has 3 aliphatic heterocycles. The van der Waals surface area contributed by atoms with Crippen molar-refractivity contribution < 1.29 is 9.90 Å². The van der Waals surface area contributed by atoms with Crippen LogP contribution in [0.4, 0.5) is 0 Å². The highest BCUT2D eigenvalue weighted by Crippen LogP contribution is 2.37. The monoisotopic (exact) mass is 355 g/mol. The molecule has 0 saturated carbocycles. The average Bonchev–Trinajstić information content (AvgIpc) is 3.10. The molecule has 7 heteroatoms. The van der Waals surface area contributed by atoms with Gasteiger partial charge < -0.3 is 10.0 Å². The Hall–Kier alpha value is -2.41. The lowest BCUT2D eigenvalue weighted by molar-refractivity contribution is -0.141. The van der Waals surface area contributed by atoms with Crippen molar-refractivity contribution in [1.29, 1.82) is 0 Å². The van der Waals surface area contributed by atoms with Crippen LogP contribution in [0.5, 0.6) is 5.75 Å². The van der Waals surface area contributed by atoms with Gasteiger partial charge in [0.1, 0.15) is 11.4 Å². The molecule has 3 aliphatic rings. The lowest BCUT2D eigenvalue weighted by Gasteiger charge is -2.49. The van der Waals surface area contributed by atoms with Crippen LogP contribution in [0.3, 0.4) is 0 Å². The summed E-state index contributed by atoms with van der Waals surface area (Å²) in [5, 5.41) is 18.1. The van der Waals surface area contributed by atoms with Crippen LogP contribution >= 0.6 is 0 Å². The van der Waals surface area contributed by atoms with Crippen LogP contribution in [-0.2, 0) is 11.3 Å². The number of hydrogen-bond donors (Lipinski definition) is 1. The predicted molar refractivity (Wildman–Crippen MR) is 97.4 cm³/mol. The standard InChI is InChI=1S/C19H25N5O2/c1-22(2)19(26)17-11-23-7-6-13(17)8-15(23)10-24-12-18(20-21-24)14-4-3-5-16(25)9-14/h3-5,9,12-13,15,17,25H,6-8,10-11H2,1-2H3/t13-,15-,17-/m1/s1. The van der Waals surface area contributed by atoms with Gasteiger partial charge >= 0.3 is 0 Å². The van der Waals surface area contributed by atoms with Gasteiger partial charge in [-0.2, -0.15) is 0 Å². The van der Waals surface area contributed by atoms with Crippen LogP contribution in [0.2, 0.25) is 0 Å². The van der Waals surface area contributed by atoms with Gasteiger partial charge in [0.25, 0.3) is 0 Å². The predicted octanol–water partition coefficient (Wildman–Crippen LogP) is 1.45. The molecule has 4 atom stereocenters. The first-order chi connectivity index (χ1) is 12.5. The van der Waals surface area contributed by atoms with E-state index in [9.17, 15) is 9.90 Å². The molecule has 3 fully saturated rings. The Bertz CT molecular complexity index is 803. The summed E-state index contributed by atoms with van der Waals surface area (Å²) in [5.41, 5.74) is 1.62. The minimum Gasteiger partial charge on any atom is -0.508 e. The molecule has 138 valence electrons. The Morgan fingerprint density at radius 3 is 2.92 bits per heavy atom. The van der Waals surface area contributed by atoms with Crippen LogP contribution in [0.1, 0.15) is 12.8 Å². The third-order valence-electron chi connectivity index (χ3n) is 5.71. The van der Waals surface area contributed by atoms with E-state index in [0.29, 0.717) is 12.0 Å². The van der Waals surface area contributed by atoms with Crippen molar-refractivity contribution in [2.75, 3.05) is 27.2 Å². The third kappa shape index (κ3) is 3.19. The Balaban J connectivity index is 1.44. The average molecular weight is 355 g/mol. The fourth-order valence-electron chi connectivity index (χ4n) is 4.34. The SMILES string of the molecule is CN(C)C(=O)[C@@H]1CN2CC[C@@H]1C[C@@H]2Cn1cc(-c2cccc(O)c2)nn1. The summed E-state index contributed by atoms with van der Waals surface area (Å²) in [4.78, 5) is 16.5.